The molecule has 2 aromatic heterocycles. The Morgan fingerprint density at radius 3 is 2.80 bits per heavy atom. The number of carboxylic acids is 1. The van der Waals surface area contributed by atoms with Gasteiger partial charge in [-0.15, -0.1) is 5.10 Å². The topological polar surface area (TPSA) is 158 Å². The Hall–Kier alpha value is -4.88. The highest BCUT2D eigenvalue weighted by atomic mass is 19.1. The number of amides is 1. The lowest BCUT2D eigenvalue weighted by Gasteiger charge is -2.36. The number of nitrogens with zero attached hydrogens (tertiary/aromatic N) is 6. The fourth-order valence-corrected chi connectivity index (χ4v) is 5.97. The van der Waals surface area contributed by atoms with Gasteiger partial charge in [0.25, 0.3) is 0 Å². The Balaban J connectivity index is 1.04. The lowest BCUT2D eigenvalue weighted by Crippen LogP contribution is -2.44. The second-order valence-electron chi connectivity index (χ2n) is 11.5. The summed E-state index contributed by atoms with van der Waals surface area (Å²) in [6.07, 6.45) is 6.00. The van der Waals surface area contributed by atoms with Crippen molar-refractivity contribution >= 4 is 29.4 Å². The number of rotatable bonds is 9. The number of carbonyl (C=O) groups is 3. The maximum absolute atomic E-state index is 15.2. The van der Waals surface area contributed by atoms with Crippen LogP contribution in [0.2, 0.25) is 0 Å². The van der Waals surface area contributed by atoms with Gasteiger partial charge in [0.2, 0.25) is 0 Å². The minimum Gasteiger partial charge on any atom is -0.481 e. The molecule has 2 aliphatic heterocycles. The first kappa shape index (κ1) is 29.2. The molecule has 1 amide bonds. The summed E-state index contributed by atoms with van der Waals surface area (Å²) < 4.78 is 27.7. The molecule has 3 aliphatic rings. The number of pyridine rings is 1. The zero-order chi connectivity index (χ0) is 30.8. The van der Waals surface area contributed by atoms with E-state index in [1.165, 1.54) is 23.4 Å². The molecule has 230 valence electrons. The van der Waals surface area contributed by atoms with Crippen LogP contribution in [-0.4, -0.2) is 74.2 Å². The van der Waals surface area contributed by atoms with Crippen molar-refractivity contribution in [1.82, 2.24) is 20.0 Å². The molecule has 1 aliphatic carbocycles. The van der Waals surface area contributed by atoms with Gasteiger partial charge in [0.15, 0.2) is 6.10 Å². The molecule has 4 heterocycles. The van der Waals surface area contributed by atoms with Gasteiger partial charge in [0, 0.05) is 29.9 Å². The normalized spacial score (nSPS) is 24.9. The first-order valence-electron chi connectivity index (χ1n) is 14.4. The average Bonchev–Trinajstić information content (AvgIpc) is 3.78. The summed E-state index contributed by atoms with van der Waals surface area (Å²) in [5.41, 5.74) is 1.23. The highest BCUT2D eigenvalue weighted by molar-refractivity contribution is 6.00. The van der Waals surface area contributed by atoms with Crippen LogP contribution in [0.4, 0.5) is 14.9 Å². The summed E-state index contributed by atoms with van der Waals surface area (Å²) in [5.74, 6) is -2.82. The number of anilines is 1. The van der Waals surface area contributed by atoms with E-state index in [9.17, 15) is 19.5 Å². The number of hydrogen-bond donors (Lipinski definition) is 1. The van der Waals surface area contributed by atoms with Gasteiger partial charge in [-0.05, 0) is 44.0 Å². The Labute approximate surface area is 251 Å². The van der Waals surface area contributed by atoms with Crippen molar-refractivity contribution in [3.05, 3.63) is 60.4 Å². The summed E-state index contributed by atoms with van der Waals surface area (Å²) in [6, 6.07) is 7.94. The van der Waals surface area contributed by atoms with E-state index in [1.807, 2.05) is 0 Å². The van der Waals surface area contributed by atoms with Crippen LogP contribution in [0, 0.1) is 17.2 Å². The van der Waals surface area contributed by atoms with Crippen LogP contribution >= 0.6 is 0 Å². The average molecular weight is 607 g/mol. The van der Waals surface area contributed by atoms with Crippen molar-refractivity contribution in [2.45, 2.75) is 57.8 Å². The Kier molecular flexibility index (Phi) is 7.97. The van der Waals surface area contributed by atoms with E-state index in [0.29, 0.717) is 54.0 Å². The fourth-order valence-electron chi connectivity index (χ4n) is 5.97. The molecule has 13 nitrogen and oxygen atoms in total. The standard InChI is InChI=1S/C30H31FN6O7/c1-30(9-3-2-4-23(30)27(38)39)28(40)42-17-20-13-26(34-44-20)25-8-5-18(14-32-25)22-7-6-19(12-24(22)31)37-16-21(43-29(37)41)15-36-11-10-33-35-36/h5-8,10-12,14,20-21,23H,2-4,9,13,15-17H2,1H3,(H,38,39)/t20-,21-,23?,30?/m0/s1. The largest absolute Gasteiger partial charge is 0.481 e. The summed E-state index contributed by atoms with van der Waals surface area (Å²) in [6.45, 7) is 2.19. The number of ether oxygens (including phenoxy) is 2. The van der Waals surface area contributed by atoms with Crippen molar-refractivity contribution in [2.24, 2.45) is 16.5 Å². The van der Waals surface area contributed by atoms with Crippen molar-refractivity contribution in [2.75, 3.05) is 18.1 Å². The molecule has 6 rings (SSSR count). The van der Waals surface area contributed by atoms with Gasteiger partial charge in [0.1, 0.15) is 24.2 Å². The maximum Gasteiger partial charge on any atom is 0.414 e. The van der Waals surface area contributed by atoms with Crippen molar-refractivity contribution < 1.29 is 38.2 Å². The molecular weight excluding hydrogens is 575 g/mol. The highest BCUT2D eigenvalue weighted by Gasteiger charge is 2.48. The van der Waals surface area contributed by atoms with Crippen LogP contribution in [-0.2, 0) is 30.4 Å². The molecular formula is C30H31FN6O7. The third-order valence-corrected chi connectivity index (χ3v) is 8.48. The van der Waals surface area contributed by atoms with Gasteiger partial charge < -0.3 is 19.4 Å². The van der Waals surface area contributed by atoms with E-state index in [1.54, 1.807) is 42.1 Å². The molecule has 44 heavy (non-hydrogen) atoms. The van der Waals surface area contributed by atoms with Crippen LogP contribution in [0.25, 0.3) is 11.1 Å². The van der Waals surface area contributed by atoms with Crippen LogP contribution in [0.15, 0.2) is 54.1 Å². The Morgan fingerprint density at radius 1 is 1.20 bits per heavy atom. The first-order valence-corrected chi connectivity index (χ1v) is 14.4. The van der Waals surface area contributed by atoms with Crippen molar-refractivity contribution in [3.8, 4) is 11.1 Å². The quantitative estimate of drug-likeness (QED) is 0.355. The minimum absolute atomic E-state index is 0.0604. The van der Waals surface area contributed by atoms with E-state index >= 15 is 4.39 Å². The predicted molar refractivity (Wildman–Crippen MR) is 152 cm³/mol. The maximum atomic E-state index is 15.2. The van der Waals surface area contributed by atoms with Crippen LogP contribution in [0.5, 0.6) is 0 Å². The minimum atomic E-state index is -1.07. The van der Waals surface area contributed by atoms with E-state index in [2.05, 4.69) is 20.5 Å². The number of aromatic nitrogens is 4. The van der Waals surface area contributed by atoms with E-state index in [-0.39, 0.29) is 13.2 Å². The van der Waals surface area contributed by atoms with Crippen LogP contribution < -0.4 is 4.90 Å². The van der Waals surface area contributed by atoms with Gasteiger partial charge in [0.05, 0.1) is 42.0 Å². The first-order chi connectivity index (χ1) is 21.2. The van der Waals surface area contributed by atoms with Crippen molar-refractivity contribution in [1.29, 1.82) is 0 Å². The predicted octanol–water partition coefficient (Wildman–Crippen LogP) is 3.82. The van der Waals surface area contributed by atoms with E-state index in [0.717, 1.165) is 12.8 Å². The smallest absolute Gasteiger partial charge is 0.414 e. The summed E-state index contributed by atoms with van der Waals surface area (Å²) in [7, 11) is 0. The van der Waals surface area contributed by atoms with Crippen LogP contribution in [0.3, 0.4) is 0 Å². The zero-order valence-corrected chi connectivity index (χ0v) is 24.0. The van der Waals surface area contributed by atoms with Gasteiger partial charge in [-0.25, -0.2) is 13.9 Å². The molecule has 0 spiro atoms. The number of oxime groups is 1. The molecule has 2 unspecified atom stereocenters. The van der Waals surface area contributed by atoms with E-state index in [4.69, 9.17) is 14.3 Å². The number of carboxylic acid groups (broad SMARTS) is 1. The molecule has 1 N–H and O–H groups in total. The highest BCUT2D eigenvalue weighted by Crippen LogP contribution is 2.42. The summed E-state index contributed by atoms with van der Waals surface area (Å²) >= 11 is 0. The Morgan fingerprint density at radius 2 is 2.07 bits per heavy atom. The number of cyclic esters (lactones) is 1. The van der Waals surface area contributed by atoms with Gasteiger partial charge in [-0.2, -0.15) is 0 Å². The number of carbonyl (C=O) groups excluding carboxylic acids is 2. The molecule has 4 atom stereocenters. The molecule has 2 fully saturated rings. The van der Waals surface area contributed by atoms with Crippen LogP contribution in [0.1, 0.15) is 44.7 Å². The molecule has 14 heteroatoms. The molecule has 0 radical (unpaired) electrons. The monoisotopic (exact) mass is 606 g/mol. The molecule has 1 saturated carbocycles. The number of aliphatic carboxylic acids is 1. The Bertz CT molecular complexity index is 1580. The third kappa shape index (κ3) is 5.83. The summed E-state index contributed by atoms with van der Waals surface area (Å²) in [5, 5.41) is 21.3. The van der Waals surface area contributed by atoms with Crippen molar-refractivity contribution in [3.63, 3.8) is 0 Å². The van der Waals surface area contributed by atoms with Gasteiger partial charge in [-0.1, -0.05) is 29.3 Å². The summed E-state index contributed by atoms with van der Waals surface area (Å²) in [4.78, 5) is 48.3. The van der Waals surface area contributed by atoms with E-state index < -0.39 is 47.4 Å². The number of halogens is 1. The fraction of sp³-hybridized carbons (Fsp3) is 0.433. The molecule has 0 bridgehead atoms. The second kappa shape index (κ2) is 12.0. The van der Waals surface area contributed by atoms with Gasteiger partial charge in [-0.3, -0.25) is 19.5 Å². The number of esters is 1. The second-order valence-corrected chi connectivity index (χ2v) is 11.5. The molecule has 1 saturated heterocycles. The third-order valence-electron chi connectivity index (χ3n) is 8.48. The molecule has 3 aromatic rings. The lowest BCUT2D eigenvalue weighted by molar-refractivity contribution is -0.171. The van der Waals surface area contributed by atoms with Gasteiger partial charge >= 0.3 is 18.0 Å². The number of benzene rings is 1. The SMILES string of the molecule is CC1(C(=O)OC[C@@H]2CC(c3ccc(-c4ccc(N5C[C@H](Cn6ccnn6)OC5=O)cc4F)cn3)=NO2)CCCCC1C(=O)O. The lowest BCUT2D eigenvalue weighted by atomic mass is 9.67. The molecule has 1 aromatic carbocycles. The zero-order valence-electron chi connectivity index (χ0n) is 24.0. The number of hydrogen-bond acceptors (Lipinski definition) is 10.